The van der Waals surface area contributed by atoms with Gasteiger partial charge in [-0.05, 0) is 25.0 Å². The summed E-state index contributed by atoms with van der Waals surface area (Å²) in [6.07, 6.45) is 1.35. The van der Waals surface area contributed by atoms with Crippen LogP contribution in [0.2, 0.25) is 0 Å². The molecule has 2 aromatic rings. The molecule has 0 saturated carbocycles. The van der Waals surface area contributed by atoms with Crippen LogP contribution in [0.25, 0.3) is 10.1 Å². The van der Waals surface area contributed by atoms with Crippen LogP contribution in [0.15, 0.2) is 12.1 Å². The Kier molecular flexibility index (Phi) is 5.61. The fourth-order valence-corrected chi connectivity index (χ4v) is 4.62. The number of hydrogen-bond donors (Lipinski definition) is 0. The van der Waals surface area contributed by atoms with E-state index in [4.69, 9.17) is 13.8 Å². The minimum absolute atomic E-state index is 0.235. The molecule has 0 saturated heterocycles. The van der Waals surface area contributed by atoms with Gasteiger partial charge in [0.15, 0.2) is 0 Å². The van der Waals surface area contributed by atoms with E-state index in [9.17, 15) is 8.96 Å². The summed E-state index contributed by atoms with van der Waals surface area (Å²) in [6.45, 7) is 1.90. The van der Waals surface area contributed by atoms with Crippen LogP contribution in [0.5, 0.6) is 5.75 Å². The van der Waals surface area contributed by atoms with Crippen molar-refractivity contribution < 1.29 is 22.7 Å². The Hall–Kier alpha value is -0.940. The lowest BCUT2D eigenvalue weighted by atomic mass is 10.1. The Balaban J connectivity index is 2.35. The summed E-state index contributed by atoms with van der Waals surface area (Å²) in [6, 6.07) is 3.67. The lowest BCUT2D eigenvalue weighted by Crippen LogP contribution is -1.97. The molecule has 0 amide bonds. The molecule has 122 valence electrons. The first-order chi connectivity index (χ1) is 10.5. The van der Waals surface area contributed by atoms with Gasteiger partial charge in [-0.1, -0.05) is 6.92 Å². The van der Waals surface area contributed by atoms with E-state index in [0.717, 1.165) is 9.58 Å². The number of rotatable bonds is 7. The third-order valence-electron chi connectivity index (χ3n) is 3.63. The van der Waals surface area contributed by atoms with Crippen molar-refractivity contribution in [3.05, 3.63) is 28.4 Å². The van der Waals surface area contributed by atoms with E-state index in [-0.39, 0.29) is 12.0 Å². The highest BCUT2D eigenvalue weighted by atomic mass is 32.1. The van der Waals surface area contributed by atoms with Crippen LogP contribution < -0.4 is 4.74 Å². The fourth-order valence-electron chi connectivity index (χ4n) is 2.35. The van der Waals surface area contributed by atoms with Crippen molar-refractivity contribution in [1.29, 1.82) is 0 Å². The minimum Gasteiger partial charge on any atom is -0.496 e. The molecule has 0 N–H and O–H groups in total. The fraction of sp³-hybridized carbons (Fsp3) is 0.467. The quantitative estimate of drug-likeness (QED) is 0.685. The second kappa shape index (κ2) is 7.09. The van der Waals surface area contributed by atoms with Gasteiger partial charge in [0.25, 0.3) is 0 Å². The molecule has 1 aromatic carbocycles. The van der Waals surface area contributed by atoms with E-state index < -0.39 is 7.60 Å². The maximum atomic E-state index is 14.6. The van der Waals surface area contributed by atoms with Crippen LogP contribution in [-0.4, -0.2) is 27.5 Å². The lowest BCUT2D eigenvalue weighted by molar-refractivity contribution is 0.276. The largest absolute Gasteiger partial charge is 0.496 e. The summed E-state index contributed by atoms with van der Waals surface area (Å²) in [5, 5.41) is 0.585. The number of thiophene rings is 1. The van der Waals surface area contributed by atoms with Crippen LogP contribution in [0.4, 0.5) is 4.39 Å². The van der Waals surface area contributed by atoms with Crippen LogP contribution in [0.1, 0.15) is 17.4 Å². The number of ether oxygens (including phenoxy) is 1. The zero-order valence-corrected chi connectivity index (χ0v) is 14.9. The molecule has 0 radical (unpaired) electrons. The van der Waals surface area contributed by atoms with E-state index >= 15 is 0 Å². The van der Waals surface area contributed by atoms with E-state index in [1.165, 1.54) is 25.6 Å². The molecule has 0 aliphatic rings. The highest BCUT2D eigenvalue weighted by Crippen LogP contribution is 2.47. The molecule has 0 aliphatic heterocycles. The number of methoxy groups -OCH3 is 1. The Morgan fingerprint density at radius 2 is 1.91 bits per heavy atom. The third kappa shape index (κ3) is 3.35. The van der Waals surface area contributed by atoms with Gasteiger partial charge < -0.3 is 13.8 Å². The molecule has 4 nitrogen and oxygen atoms in total. The van der Waals surface area contributed by atoms with E-state index in [0.29, 0.717) is 29.5 Å². The van der Waals surface area contributed by atoms with Crippen LogP contribution in [0, 0.1) is 5.82 Å². The summed E-state index contributed by atoms with van der Waals surface area (Å²) in [5.74, 6) is 0.335. The Morgan fingerprint density at radius 3 is 2.45 bits per heavy atom. The average molecular weight is 346 g/mol. The molecular formula is C15H20FO4PS. The minimum atomic E-state index is -3.04. The van der Waals surface area contributed by atoms with Gasteiger partial charge in [0.05, 0.1) is 13.3 Å². The summed E-state index contributed by atoms with van der Waals surface area (Å²) >= 11 is 1.47. The molecule has 2 rings (SSSR count). The van der Waals surface area contributed by atoms with Gasteiger partial charge in [-0.2, -0.15) is 0 Å². The molecule has 1 heterocycles. The summed E-state index contributed by atoms with van der Waals surface area (Å²) in [4.78, 5) is 0.943. The van der Waals surface area contributed by atoms with Crippen molar-refractivity contribution >= 4 is 29.0 Å². The van der Waals surface area contributed by atoms with Gasteiger partial charge in [0.2, 0.25) is 0 Å². The Bertz CT molecular complexity index is 705. The topological polar surface area (TPSA) is 44.8 Å². The molecule has 0 atom stereocenters. The zero-order valence-electron chi connectivity index (χ0n) is 13.1. The first kappa shape index (κ1) is 17.4. The third-order valence-corrected chi connectivity index (χ3v) is 6.66. The van der Waals surface area contributed by atoms with Gasteiger partial charge in [-0.25, -0.2) is 4.39 Å². The molecule has 0 fully saturated rings. The van der Waals surface area contributed by atoms with Crippen molar-refractivity contribution in [3.63, 3.8) is 0 Å². The predicted octanol–water partition coefficient (Wildman–Crippen LogP) is 4.64. The smallest absolute Gasteiger partial charge is 0.330 e. The van der Waals surface area contributed by atoms with Crippen molar-refractivity contribution in [2.24, 2.45) is 0 Å². The maximum Gasteiger partial charge on any atom is 0.330 e. The van der Waals surface area contributed by atoms with Gasteiger partial charge in [0, 0.05) is 34.7 Å². The number of benzene rings is 1. The summed E-state index contributed by atoms with van der Waals surface area (Å²) < 4.78 is 42.6. The molecule has 0 spiro atoms. The van der Waals surface area contributed by atoms with E-state index in [1.807, 2.05) is 19.1 Å². The van der Waals surface area contributed by atoms with Crippen LogP contribution >= 0.6 is 18.9 Å². The van der Waals surface area contributed by atoms with Gasteiger partial charge >= 0.3 is 7.60 Å². The Labute approximate surface area is 133 Å². The molecule has 7 heteroatoms. The highest BCUT2D eigenvalue weighted by Gasteiger charge is 2.22. The maximum absolute atomic E-state index is 14.6. The van der Waals surface area contributed by atoms with Gasteiger partial charge in [0.1, 0.15) is 11.6 Å². The SMILES string of the molecule is CCc1c(OC)cc2sc(CCP(=O)(OC)OC)cc2c1F. The zero-order chi connectivity index (χ0) is 16.3. The predicted molar refractivity (Wildman–Crippen MR) is 87.9 cm³/mol. The molecule has 0 unspecified atom stereocenters. The van der Waals surface area contributed by atoms with Crippen molar-refractivity contribution in [3.8, 4) is 5.75 Å². The second-order valence-electron chi connectivity index (χ2n) is 4.80. The Morgan fingerprint density at radius 1 is 1.23 bits per heavy atom. The monoisotopic (exact) mass is 346 g/mol. The van der Waals surface area contributed by atoms with Crippen LogP contribution in [-0.2, 0) is 26.5 Å². The second-order valence-corrected chi connectivity index (χ2v) is 8.37. The molecule has 0 bridgehead atoms. The number of halogens is 1. The van der Waals surface area contributed by atoms with Gasteiger partial charge in [-0.3, -0.25) is 4.57 Å². The molecule has 0 aliphatic carbocycles. The normalized spacial score (nSPS) is 12.0. The molecular weight excluding hydrogens is 326 g/mol. The standard InChI is InChI=1S/C15H20FO4PS/c1-5-11-13(18-2)9-14-12(15(11)16)8-10(22-14)6-7-21(17,19-3)20-4/h8-9H,5-7H2,1-4H3. The number of fused-ring (bicyclic) bond motifs is 1. The first-order valence-electron chi connectivity index (χ1n) is 6.96. The van der Waals surface area contributed by atoms with Crippen molar-refractivity contribution in [1.82, 2.24) is 0 Å². The van der Waals surface area contributed by atoms with E-state index in [2.05, 4.69) is 0 Å². The van der Waals surface area contributed by atoms with Crippen LogP contribution in [0.3, 0.4) is 0 Å². The summed E-state index contributed by atoms with van der Waals surface area (Å²) in [7, 11) is 1.24. The highest BCUT2D eigenvalue weighted by molar-refractivity contribution is 7.53. The molecule has 1 aromatic heterocycles. The van der Waals surface area contributed by atoms with E-state index in [1.54, 1.807) is 7.11 Å². The van der Waals surface area contributed by atoms with Crippen molar-refractivity contribution in [2.45, 2.75) is 19.8 Å². The number of hydrogen-bond acceptors (Lipinski definition) is 5. The average Bonchev–Trinajstić information content (AvgIpc) is 2.95. The van der Waals surface area contributed by atoms with Crippen molar-refractivity contribution in [2.75, 3.05) is 27.5 Å². The van der Waals surface area contributed by atoms with Gasteiger partial charge in [-0.15, -0.1) is 11.3 Å². The first-order valence-corrected chi connectivity index (χ1v) is 9.50. The lowest BCUT2D eigenvalue weighted by Gasteiger charge is -2.12. The number of aryl methyl sites for hydroxylation is 1. The molecule has 22 heavy (non-hydrogen) atoms. The summed E-state index contributed by atoms with van der Waals surface area (Å²) in [5.41, 5.74) is 0.582.